The highest BCUT2D eigenvalue weighted by atomic mass is 15.3. The van der Waals surface area contributed by atoms with Gasteiger partial charge in [0.2, 0.25) is 0 Å². The summed E-state index contributed by atoms with van der Waals surface area (Å²) in [7, 11) is 2.10. The number of hydrogen-bond acceptors (Lipinski definition) is 2. The molecule has 2 atom stereocenters. The maximum Gasteiger partial charge on any atom is 0.0640 e. The maximum absolute atomic E-state index is 4.75. The van der Waals surface area contributed by atoms with E-state index in [1.165, 1.54) is 31.4 Å². The number of nitrogens with zero attached hydrogens (tertiary/aromatic N) is 2. The molecule has 0 aromatic carbocycles. The van der Waals surface area contributed by atoms with Gasteiger partial charge in [0, 0.05) is 24.7 Å². The SMILES string of the molecule is CCC(C)n1ccc(CC(NC)C2(C)CCCC2)n1. The third kappa shape index (κ3) is 3.19. The first-order chi connectivity index (χ1) is 9.09. The van der Waals surface area contributed by atoms with E-state index in [1.54, 1.807) is 0 Å². The summed E-state index contributed by atoms with van der Waals surface area (Å²) >= 11 is 0. The monoisotopic (exact) mass is 263 g/mol. The van der Waals surface area contributed by atoms with Crippen molar-refractivity contribution in [3.05, 3.63) is 18.0 Å². The fraction of sp³-hybridized carbons (Fsp3) is 0.812. The summed E-state index contributed by atoms with van der Waals surface area (Å²) in [6.45, 7) is 6.87. The van der Waals surface area contributed by atoms with Crippen LogP contribution in [0.3, 0.4) is 0 Å². The van der Waals surface area contributed by atoms with Gasteiger partial charge in [0.1, 0.15) is 0 Å². The van der Waals surface area contributed by atoms with Crippen molar-refractivity contribution in [2.45, 2.75) is 71.4 Å². The van der Waals surface area contributed by atoms with E-state index >= 15 is 0 Å². The highest BCUT2D eigenvalue weighted by molar-refractivity contribution is 5.05. The molecule has 0 aliphatic heterocycles. The van der Waals surface area contributed by atoms with Gasteiger partial charge in [-0.1, -0.05) is 26.7 Å². The smallest absolute Gasteiger partial charge is 0.0640 e. The molecular formula is C16H29N3. The van der Waals surface area contributed by atoms with E-state index in [1.807, 2.05) is 0 Å². The van der Waals surface area contributed by atoms with E-state index in [4.69, 9.17) is 5.10 Å². The van der Waals surface area contributed by atoms with Gasteiger partial charge in [0.05, 0.1) is 5.69 Å². The quantitative estimate of drug-likeness (QED) is 0.850. The molecule has 1 aliphatic carbocycles. The Hall–Kier alpha value is -0.830. The normalized spacial score (nSPS) is 21.5. The number of rotatable bonds is 6. The molecule has 1 aliphatic rings. The first-order valence-electron chi connectivity index (χ1n) is 7.80. The topological polar surface area (TPSA) is 29.9 Å². The zero-order valence-electron chi connectivity index (χ0n) is 12.9. The Morgan fingerprint density at radius 1 is 1.42 bits per heavy atom. The van der Waals surface area contributed by atoms with Gasteiger partial charge in [-0.05, 0) is 44.7 Å². The predicted octanol–water partition coefficient (Wildman–Crippen LogP) is 3.56. The van der Waals surface area contributed by atoms with Crippen LogP contribution in [-0.2, 0) is 6.42 Å². The summed E-state index contributed by atoms with van der Waals surface area (Å²) in [5.41, 5.74) is 1.68. The third-order valence-electron chi connectivity index (χ3n) is 5.05. The van der Waals surface area contributed by atoms with Crippen LogP contribution in [0.15, 0.2) is 12.3 Å². The van der Waals surface area contributed by atoms with Crippen LogP contribution in [0.5, 0.6) is 0 Å². The second-order valence-corrected chi connectivity index (χ2v) is 6.45. The Morgan fingerprint density at radius 2 is 2.11 bits per heavy atom. The first kappa shape index (κ1) is 14.6. The third-order valence-corrected chi connectivity index (χ3v) is 5.05. The summed E-state index contributed by atoms with van der Waals surface area (Å²) in [4.78, 5) is 0. The molecule has 1 fully saturated rings. The summed E-state index contributed by atoms with van der Waals surface area (Å²) in [5, 5.41) is 8.28. The number of likely N-dealkylation sites (N-methyl/N-ethyl adjacent to an activating group) is 1. The molecule has 0 spiro atoms. The lowest BCUT2D eigenvalue weighted by Gasteiger charge is -2.33. The zero-order chi connectivity index (χ0) is 13.9. The molecule has 1 heterocycles. The van der Waals surface area contributed by atoms with E-state index in [0.717, 1.165) is 12.8 Å². The maximum atomic E-state index is 4.75. The van der Waals surface area contributed by atoms with E-state index in [-0.39, 0.29) is 0 Å². The van der Waals surface area contributed by atoms with E-state index in [0.29, 0.717) is 17.5 Å². The summed E-state index contributed by atoms with van der Waals surface area (Å²) in [5.74, 6) is 0. The average molecular weight is 263 g/mol. The fourth-order valence-electron chi connectivity index (χ4n) is 3.36. The summed E-state index contributed by atoms with van der Waals surface area (Å²) in [6.07, 6.45) is 9.79. The Balaban J connectivity index is 2.04. The van der Waals surface area contributed by atoms with Crippen LogP contribution in [0.2, 0.25) is 0 Å². The van der Waals surface area contributed by atoms with Crippen molar-refractivity contribution in [2.24, 2.45) is 5.41 Å². The molecule has 1 saturated carbocycles. The molecule has 0 radical (unpaired) electrons. The molecule has 2 unspecified atom stereocenters. The molecule has 19 heavy (non-hydrogen) atoms. The van der Waals surface area contributed by atoms with Gasteiger partial charge in [-0.2, -0.15) is 5.10 Å². The van der Waals surface area contributed by atoms with Crippen LogP contribution < -0.4 is 5.32 Å². The van der Waals surface area contributed by atoms with Crippen molar-refractivity contribution >= 4 is 0 Å². The molecule has 1 N–H and O–H groups in total. The van der Waals surface area contributed by atoms with Crippen LogP contribution in [0.4, 0.5) is 0 Å². The van der Waals surface area contributed by atoms with Crippen molar-refractivity contribution in [3.8, 4) is 0 Å². The number of hydrogen-bond donors (Lipinski definition) is 1. The Bertz CT molecular complexity index is 390. The second-order valence-electron chi connectivity index (χ2n) is 6.45. The number of nitrogens with one attached hydrogen (secondary N) is 1. The molecule has 108 valence electrons. The van der Waals surface area contributed by atoms with Crippen LogP contribution >= 0.6 is 0 Å². The molecular weight excluding hydrogens is 234 g/mol. The minimum atomic E-state index is 0.453. The molecule has 3 nitrogen and oxygen atoms in total. The van der Waals surface area contributed by atoms with Crippen molar-refractivity contribution in [2.75, 3.05) is 7.05 Å². The van der Waals surface area contributed by atoms with E-state index in [2.05, 4.69) is 50.1 Å². The second kappa shape index (κ2) is 6.08. The van der Waals surface area contributed by atoms with Crippen molar-refractivity contribution in [1.29, 1.82) is 0 Å². The van der Waals surface area contributed by atoms with Crippen molar-refractivity contribution in [3.63, 3.8) is 0 Å². The predicted molar refractivity (Wildman–Crippen MR) is 80.4 cm³/mol. The average Bonchev–Trinajstić information content (AvgIpc) is 3.04. The standard InChI is InChI=1S/C16H29N3/c1-5-13(2)19-11-8-14(18-19)12-15(17-4)16(3)9-6-7-10-16/h8,11,13,15,17H,5-7,9-10,12H2,1-4H3. The van der Waals surface area contributed by atoms with Crippen molar-refractivity contribution in [1.82, 2.24) is 15.1 Å². The van der Waals surface area contributed by atoms with Gasteiger partial charge in [-0.15, -0.1) is 0 Å². The van der Waals surface area contributed by atoms with Crippen LogP contribution in [0.25, 0.3) is 0 Å². The lowest BCUT2D eigenvalue weighted by Crippen LogP contribution is -2.42. The van der Waals surface area contributed by atoms with Crippen molar-refractivity contribution < 1.29 is 0 Å². The Kier molecular flexibility index (Phi) is 4.67. The first-order valence-corrected chi connectivity index (χ1v) is 7.80. The van der Waals surface area contributed by atoms with E-state index < -0.39 is 0 Å². The molecule has 1 aromatic heterocycles. The molecule has 2 rings (SSSR count). The highest BCUT2D eigenvalue weighted by Crippen LogP contribution is 2.41. The fourth-order valence-corrected chi connectivity index (χ4v) is 3.36. The highest BCUT2D eigenvalue weighted by Gasteiger charge is 2.36. The van der Waals surface area contributed by atoms with Crippen LogP contribution in [0, 0.1) is 5.41 Å². The molecule has 0 bridgehead atoms. The Morgan fingerprint density at radius 3 is 2.68 bits per heavy atom. The van der Waals surface area contributed by atoms with E-state index in [9.17, 15) is 0 Å². The Labute approximate surface area is 117 Å². The zero-order valence-corrected chi connectivity index (χ0v) is 12.9. The van der Waals surface area contributed by atoms with Gasteiger partial charge in [0.25, 0.3) is 0 Å². The van der Waals surface area contributed by atoms with Crippen LogP contribution in [-0.4, -0.2) is 22.9 Å². The minimum absolute atomic E-state index is 0.453. The van der Waals surface area contributed by atoms with Gasteiger partial charge < -0.3 is 5.32 Å². The molecule has 0 saturated heterocycles. The molecule has 1 aromatic rings. The number of aromatic nitrogens is 2. The van der Waals surface area contributed by atoms with Gasteiger partial charge >= 0.3 is 0 Å². The summed E-state index contributed by atoms with van der Waals surface area (Å²) in [6, 6.07) is 3.24. The van der Waals surface area contributed by atoms with Gasteiger partial charge in [-0.3, -0.25) is 4.68 Å². The van der Waals surface area contributed by atoms with Gasteiger partial charge in [0.15, 0.2) is 0 Å². The lowest BCUT2D eigenvalue weighted by atomic mass is 9.78. The largest absolute Gasteiger partial charge is 0.316 e. The van der Waals surface area contributed by atoms with Crippen LogP contribution in [0.1, 0.15) is 64.6 Å². The lowest BCUT2D eigenvalue weighted by molar-refractivity contribution is 0.227. The summed E-state index contributed by atoms with van der Waals surface area (Å²) < 4.78 is 2.11. The minimum Gasteiger partial charge on any atom is -0.316 e. The molecule has 3 heteroatoms. The molecule has 0 amide bonds. The van der Waals surface area contributed by atoms with Gasteiger partial charge in [-0.25, -0.2) is 0 Å².